The van der Waals surface area contributed by atoms with Gasteiger partial charge in [-0.2, -0.15) is 0 Å². The lowest BCUT2D eigenvalue weighted by molar-refractivity contribution is -0.111. The van der Waals surface area contributed by atoms with Gasteiger partial charge in [0, 0.05) is 30.8 Å². The Kier molecular flexibility index (Phi) is 6.53. The van der Waals surface area contributed by atoms with Crippen molar-refractivity contribution >= 4 is 55.6 Å². The summed E-state index contributed by atoms with van der Waals surface area (Å²) >= 11 is 7.18. The maximum Gasteiger partial charge on any atom is 0.248 e. The van der Waals surface area contributed by atoms with Crippen LogP contribution < -0.4 is 16.0 Å². The number of hydrogen-bond donors (Lipinski definition) is 3. The molecule has 0 radical (unpaired) electrons. The number of nitrogens with one attached hydrogen (secondary N) is 3. The number of rotatable bonds is 8. The van der Waals surface area contributed by atoms with Gasteiger partial charge in [-0.3, -0.25) is 4.79 Å². The van der Waals surface area contributed by atoms with Crippen molar-refractivity contribution in [3.8, 4) is 0 Å². The van der Waals surface area contributed by atoms with E-state index in [2.05, 4.69) is 25.9 Å². The van der Waals surface area contributed by atoms with E-state index in [-0.39, 0.29) is 10.9 Å². The Hall–Kier alpha value is -2.59. The highest BCUT2D eigenvalue weighted by Crippen LogP contribution is 2.33. The highest BCUT2D eigenvalue weighted by Gasteiger charge is 2.16. The lowest BCUT2D eigenvalue weighted by Gasteiger charge is -2.25. The molecule has 0 unspecified atom stereocenters. The molecule has 2 aromatic heterocycles. The van der Waals surface area contributed by atoms with Crippen LogP contribution in [0.25, 0.3) is 10.2 Å². The summed E-state index contributed by atoms with van der Waals surface area (Å²) in [6, 6.07) is 6.13. The number of nitrogens with zero attached hydrogens (tertiary/aromatic N) is 2. The summed E-state index contributed by atoms with van der Waals surface area (Å²) in [5.74, 6) is 0.402. The smallest absolute Gasteiger partial charge is 0.248 e. The standard InChI is InChI=1S/C20H19ClFN5O2S/c21-15-6-13(3-4-16(15)22)26-19-14-7-18(30-20(14)25-11-24-19)27-17(28)2-1-5-23-8-12-9-29-10-12/h1-4,6-7,11-12,23H,5,8-10H2,(H,27,28)(H,24,25,26)/b2-1+. The first-order valence-electron chi connectivity index (χ1n) is 9.31. The first-order valence-corrected chi connectivity index (χ1v) is 10.5. The number of fused-ring (bicyclic) bond motifs is 1. The largest absolute Gasteiger partial charge is 0.381 e. The zero-order valence-electron chi connectivity index (χ0n) is 15.8. The molecule has 0 spiro atoms. The monoisotopic (exact) mass is 447 g/mol. The minimum atomic E-state index is -0.490. The minimum Gasteiger partial charge on any atom is -0.381 e. The highest BCUT2D eigenvalue weighted by atomic mass is 35.5. The van der Waals surface area contributed by atoms with Gasteiger partial charge < -0.3 is 20.7 Å². The number of carbonyl (C=O) groups excluding carboxylic acids is 1. The summed E-state index contributed by atoms with van der Waals surface area (Å²) in [5, 5.41) is 10.6. The van der Waals surface area contributed by atoms with Crippen LogP contribution >= 0.6 is 22.9 Å². The van der Waals surface area contributed by atoms with Gasteiger partial charge in [0.05, 0.1) is 28.6 Å². The van der Waals surface area contributed by atoms with Crippen molar-refractivity contribution < 1.29 is 13.9 Å². The van der Waals surface area contributed by atoms with Crippen LogP contribution in [-0.4, -0.2) is 42.2 Å². The third-order valence-electron chi connectivity index (χ3n) is 4.43. The van der Waals surface area contributed by atoms with Gasteiger partial charge in [-0.15, -0.1) is 0 Å². The van der Waals surface area contributed by atoms with E-state index in [9.17, 15) is 9.18 Å². The van der Waals surface area contributed by atoms with E-state index >= 15 is 0 Å². The Morgan fingerprint density at radius 2 is 2.20 bits per heavy atom. The van der Waals surface area contributed by atoms with E-state index in [1.807, 2.05) is 0 Å². The van der Waals surface area contributed by atoms with Crippen molar-refractivity contribution in [2.45, 2.75) is 0 Å². The molecule has 1 aliphatic heterocycles. The summed E-state index contributed by atoms with van der Waals surface area (Å²) in [4.78, 5) is 21.4. The fraction of sp³-hybridized carbons (Fsp3) is 0.250. The lowest BCUT2D eigenvalue weighted by Crippen LogP contribution is -2.36. The van der Waals surface area contributed by atoms with Crippen LogP contribution in [0.5, 0.6) is 0 Å². The quantitative estimate of drug-likeness (QED) is 0.358. The topological polar surface area (TPSA) is 88.2 Å². The molecule has 0 bridgehead atoms. The molecule has 30 heavy (non-hydrogen) atoms. The average Bonchev–Trinajstić information content (AvgIpc) is 3.09. The Labute approximate surface area is 181 Å². The van der Waals surface area contributed by atoms with Crippen molar-refractivity contribution in [2.24, 2.45) is 5.92 Å². The Morgan fingerprint density at radius 1 is 1.33 bits per heavy atom. The van der Waals surface area contributed by atoms with E-state index in [1.165, 1.54) is 35.9 Å². The number of ether oxygens (including phenoxy) is 1. The predicted octanol–water partition coefficient (Wildman–Crippen LogP) is 3.96. The third-order valence-corrected chi connectivity index (χ3v) is 5.68. The van der Waals surface area contributed by atoms with E-state index in [0.29, 0.717) is 33.8 Å². The third kappa shape index (κ3) is 5.11. The van der Waals surface area contributed by atoms with Gasteiger partial charge in [-0.1, -0.05) is 29.0 Å². The molecule has 1 saturated heterocycles. The second-order valence-electron chi connectivity index (χ2n) is 6.76. The van der Waals surface area contributed by atoms with Crippen LogP contribution in [0.4, 0.5) is 20.9 Å². The van der Waals surface area contributed by atoms with Crippen molar-refractivity contribution in [3.63, 3.8) is 0 Å². The second-order valence-corrected chi connectivity index (χ2v) is 8.20. The van der Waals surface area contributed by atoms with Crippen LogP contribution in [0.3, 0.4) is 0 Å². The Morgan fingerprint density at radius 3 is 2.97 bits per heavy atom. The normalized spacial score (nSPS) is 14.2. The minimum absolute atomic E-state index is 0.0193. The molecule has 10 heteroatoms. The molecule has 0 saturated carbocycles. The fourth-order valence-electron chi connectivity index (χ4n) is 2.83. The second kappa shape index (κ2) is 9.48. The molecule has 1 amide bonds. The first-order chi connectivity index (χ1) is 14.6. The van der Waals surface area contributed by atoms with Gasteiger partial charge in [0.1, 0.15) is 22.8 Å². The molecule has 3 aromatic rings. The zero-order chi connectivity index (χ0) is 20.9. The Balaban J connectivity index is 1.38. The van der Waals surface area contributed by atoms with Crippen molar-refractivity contribution in [3.05, 3.63) is 53.6 Å². The summed E-state index contributed by atoms with van der Waals surface area (Å²) in [6.07, 6.45) is 4.71. The Bertz CT molecular complexity index is 1090. The maximum atomic E-state index is 13.4. The van der Waals surface area contributed by atoms with Crippen LogP contribution in [0.15, 0.2) is 42.7 Å². The number of amides is 1. The SMILES string of the molecule is O=C(/C=C/CNCC1COC1)Nc1cc2c(Nc3ccc(F)c(Cl)c3)ncnc2s1. The van der Waals surface area contributed by atoms with Gasteiger partial charge in [0.25, 0.3) is 0 Å². The van der Waals surface area contributed by atoms with Crippen molar-refractivity contribution in [1.82, 2.24) is 15.3 Å². The molecule has 7 nitrogen and oxygen atoms in total. The summed E-state index contributed by atoms with van der Waals surface area (Å²) in [5.41, 5.74) is 0.599. The van der Waals surface area contributed by atoms with Gasteiger partial charge in [0.15, 0.2) is 0 Å². The van der Waals surface area contributed by atoms with Gasteiger partial charge in [0.2, 0.25) is 5.91 Å². The molecule has 1 fully saturated rings. The first kappa shape index (κ1) is 20.7. The van der Waals surface area contributed by atoms with Crippen LogP contribution in [0.2, 0.25) is 5.02 Å². The zero-order valence-corrected chi connectivity index (χ0v) is 17.4. The van der Waals surface area contributed by atoms with Gasteiger partial charge >= 0.3 is 0 Å². The lowest BCUT2D eigenvalue weighted by atomic mass is 10.1. The molecule has 0 aliphatic carbocycles. The number of anilines is 3. The molecule has 3 N–H and O–H groups in total. The van der Waals surface area contributed by atoms with Crippen LogP contribution in [0.1, 0.15) is 0 Å². The highest BCUT2D eigenvalue weighted by molar-refractivity contribution is 7.22. The number of thiophene rings is 1. The summed E-state index contributed by atoms with van der Waals surface area (Å²) in [7, 11) is 0. The predicted molar refractivity (Wildman–Crippen MR) is 117 cm³/mol. The average molecular weight is 448 g/mol. The van der Waals surface area contributed by atoms with Gasteiger partial charge in [-0.25, -0.2) is 14.4 Å². The molecule has 1 aromatic carbocycles. The number of hydrogen-bond acceptors (Lipinski definition) is 7. The van der Waals surface area contributed by atoms with Crippen LogP contribution in [-0.2, 0) is 9.53 Å². The van der Waals surface area contributed by atoms with Gasteiger partial charge in [-0.05, 0) is 24.3 Å². The summed E-state index contributed by atoms with van der Waals surface area (Å²) < 4.78 is 18.5. The molecular weight excluding hydrogens is 429 g/mol. The van der Waals surface area contributed by atoms with E-state index < -0.39 is 5.82 Å². The molecule has 156 valence electrons. The summed E-state index contributed by atoms with van der Waals surface area (Å²) in [6.45, 7) is 3.11. The molecule has 1 aliphatic rings. The van der Waals surface area contributed by atoms with E-state index in [1.54, 1.807) is 18.2 Å². The number of benzene rings is 1. The van der Waals surface area contributed by atoms with Crippen molar-refractivity contribution in [2.75, 3.05) is 36.9 Å². The number of carbonyl (C=O) groups is 1. The van der Waals surface area contributed by atoms with E-state index in [4.69, 9.17) is 16.3 Å². The molecule has 4 rings (SSSR count). The molecular formula is C20H19ClFN5O2S. The maximum absolute atomic E-state index is 13.4. The molecule has 3 heterocycles. The number of aromatic nitrogens is 2. The van der Waals surface area contributed by atoms with E-state index in [0.717, 1.165) is 25.1 Å². The fourth-order valence-corrected chi connectivity index (χ4v) is 3.91. The number of halogens is 2. The van der Waals surface area contributed by atoms with Crippen molar-refractivity contribution in [1.29, 1.82) is 0 Å². The molecule has 0 atom stereocenters. The van der Waals surface area contributed by atoms with Crippen LogP contribution in [0, 0.1) is 11.7 Å².